The van der Waals surface area contributed by atoms with E-state index in [-0.39, 0.29) is 6.01 Å². The summed E-state index contributed by atoms with van der Waals surface area (Å²) < 4.78 is 7.50. The largest absolute Gasteiger partial charge is 0.458 e. The summed E-state index contributed by atoms with van der Waals surface area (Å²) in [6, 6.07) is 7.93. The zero-order chi connectivity index (χ0) is 17.9. The van der Waals surface area contributed by atoms with E-state index >= 15 is 0 Å². The Kier molecular flexibility index (Phi) is 4.14. The lowest BCUT2D eigenvalue weighted by molar-refractivity contribution is 0.282. The molecule has 2 N–H and O–H groups in total. The van der Waals surface area contributed by atoms with Gasteiger partial charge >= 0.3 is 6.01 Å². The van der Waals surface area contributed by atoms with Gasteiger partial charge in [-0.3, -0.25) is 9.97 Å². The zero-order valence-corrected chi connectivity index (χ0v) is 14.2. The van der Waals surface area contributed by atoms with Crippen LogP contribution in [0.5, 0.6) is 6.01 Å². The van der Waals surface area contributed by atoms with Gasteiger partial charge in [0.15, 0.2) is 5.65 Å². The average Bonchev–Trinajstić information content (AvgIpc) is 3.04. The number of anilines is 1. The van der Waals surface area contributed by atoms with E-state index in [1.807, 2.05) is 31.2 Å². The van der Waals surface area contributed by atoms with Gasteiger partial charge in [0.05, 0.1) is 18.1 Å². The van der Waals surface area contributed by atoms with Crippen LogP contribution >= 0.6 is 0 Å². The molecule has 0 aliphatic rings. The number of aromatic nitrogens is 6. The number of ether oxygens (including phenoxy) is 1. The molecule has 0 saturated heterocycles. The summed E-state index contributed by atoms with van der Waals surface area (Å²) in [5.74, 6) is 0.344. The van der Waals surface area contributed by atoms with Crippen molar-refractivity contribution >= 4 is 16.9 Å². The van der Waals surface area contributed by atoms with Gasteiger partial charge in [-0.1, -0.05) is 0 Å². The summed E-state index contributed by atoms with van der Waals surface area (Å²) in [7, 11) is 0. The van der Waals surface area contributed by atoms with Crippen molar-refractivity contribution in [3.05, 3.63) is 65.9 Å². The van der Waals surface area contributed by atoms with Gasteiger partial charge in [0.2, 0.25) is 0 Å². The molecule has 0 unspecified atom stereocenters. The van der Waals surface area contributed by atoms with Gasteiger partial charge in [0.25, 0.3) is 0 Å². The van der Waals surface area contributed by atoms with Gasteiger partial charge in [0, 0.05) is 24.3 Å². The number of nitrogens with two attached hydrogens (primary N) is 1. The highest BCUT2D eigenvalue weighted by molar-refractivity contribution is 5.85. The average molecular weight is 347 g/mol. The second kappa shape index (κ2) is 6.75. The smallest absolute Gasteiger partial charge is 0.320 e. The summed E-state index contributed by atoms with van der Waals surface area (Å²) in [4.78, 5) is 16.9. The number of rotatable bonds is 5. The van der Waals surface area contributed by atoms with E-state index in [0.29, 0.717) is 30.0 Å². The van der Waals surface area contributed by atoms with Crippen molar-refractivity contribution in [1.82, 2.24) is 29.7 Å². The van der Waals surface area contributed by atoms with Crippen LogP contribution in [0.15, 0.2) is 49.1 Å². The highest BCUT2D eigenvalue weighted by Crippen LogP contribution is 2.21. The summed E-state index contributed by atoms with van der Waals surface area (Å²) in [5.41, 5.74) is 9.67. The molecule has 0 bridgehead atoms. The van der Waals surface area contributed by atoms with Gasteiger partial charge in [-0.2, -0.15) is 15.1 Å². The molecule has 0 aromatic carbocycles. The number of aryl methyl sites for hydroxylation is 1. The predicted octanol–water partition coefficient (Wildman–Crippen LogP) is 2.13. The van der Waals surface area contributed by atoms with Gasteiger partial charge in [-0.05, 0) is 42.3 Å². The molecule has 0 amide bonds. The highest BCUT2D eigenvalue weighted by atomic mass is 16.5. The molecule has 0 aliphatic heterocycles. The topological polar surface area (TPSA) is 105 Å². The van der Waals surface area contributed by atoms with Crippen molar-refractivity contribution in [2.45, 2.75) is 20.1 Å². The predicted molar refractivity (Wildman–Crippen MR) is 96.4 cm³/mol. The van der Waals surface area contributed by atoms with Gasteiger partial charge in [0.1, 0.15) is 12.4 Å². The Bertz CT molecular complexity index is 1050. The Morgan fingerprint density at radius 1 is 1.08 bits per heavy atom. The lowest BCUT2D eigenvalue weighted by atomic mass is 10.2. The fourth-order valence-electron chi connectivity index (χ4n) is 2.64. The number of pyridine rings is 2. The Morgan fingerprint density at radius 2 is 1.88 bits per heavy atom. The lowest BCUT2D eigenvalue weighted by Crippen LogP contribution is -2.06. The zero-order valence-electron chi connectivity index (χ0n) is 14.2. The molecule has 8 heteroatoms. The van der Waals surface area contributed by atoms with Gasteiger partial charge in [-0.25, -0.2) is 4.68 Å². The second-order valence-electron chi connectivity index (χ2n) is 5.88. The summed E-state index contributed by atoms with van der Waals surface area (Å²) in [6.45, 7) is 2.83. The molecular formula is C18H17N7O. The monoisotopic (exact) mass is 347 g/mol. The van der Waals surface area contributed by atoms with E-state index in [1.165, 1.54) is 0 Å². The molecule has 4 heterocycles. The summed E-state index contributed by atoms with van der Waals surface area (Å²) in [5, 5.41) is 5.07. The molecule has 8 nitrogen and oxygen atoms in total. The molecule has 4 aromatic rings. The first-order chi connectivity index (χ1) is 12.7. The Balaban J connectivity index is 1.61. The normalized spacial score (nSPS) is 11.0. The van der Waals surface area contributed by atoms with E-state index in [0.717, 1.165) is 16.8 Å². The first-order valence-electron chi connectivity index (χ1n) is 8.11. The van der Waals surface area contributed by atoms with Crippen molar-refractivity contribution < 1.29 is 4.74 Å². The fourth-order valence-corrected chi connectivity index (χ4v) is 2.64. The number of nitrogen functional groups attached to an aromatic ring is 1. The highest BCUT2D eigenvalue weighted by Gasteiger charge is 2.12. The summed E-state index contributed by atoms with van der Waals surface area (Å²) >= 11 is 0. The van der Waals surface area contributed by atoms with Crippen molar-refractivity contribution in [3.63, 3.8) is 0 Å². The van der Waals surface area contributed by atoms with Crippen LogP contribution in [0.25, 0.3) is 11.0 Å². The van der Waals surface area contributed by atoms with E-state index in [1.54, 1.807) is 29.5 Å². The third kappa shape index (κ3) is 3.30. The van der Waals surface area contributed by atoms with E-state index < -0.39 is 0 Å². The Labute approximate surface area is 149 Å². The maximum Gasteiger partial charge on any atom is 0.320 e. The molecule has 4 rings (SSSR count). The van der Waals surface area contributed by atoms with Gasteiger partial charge in [-0.15, -0.1) is 0 Å². The van der Waals surface area contributed by atoms with Crippen molar-refractivity contribution in [3.8, 4) is 6.01 Å². The van der Waals surface area contributed by atoms with Crippen LogP contribution in [-0.2, 0) is 13.2 Å². The molecule has 0 aliphatic carbocycles. The minimum Gasteiger partial charge on any atom is -0.458 e. The Hall–Kier alpha value is -3.55. The van der Waals surface area contributed by atoms with Crippen molar-refractivity contribution in [2.75, 3.05) is 5.73 Å². The van der Waals surface area contributed by atoms with Crippen LogP contribution in [0, 0.1) is 6.92 Å². The molecule has 0 atom stereocenters. The number of hydrogen-bond donors (Lipinski definition) is 1. The summed E-state index contributed by atoms with van der Waals surface area (Å²) in [6.07, 6.45) is 6.91. The van der Waals surface area contributed by atoms with Crippen LogP contribution in [0.2, 0.25) is 0 Å². The van der Waals surface area contributed by atoms with E-state index in [2.05, 4.69) is 25.0 Å². The van der Waals surface area contributed by atoms with Gasteiger partial charge < -0.3 is 10.5 Å². The van der Waals surface area contributed by atoms with Crippen LogP contribution in [-0.4, -0.2) is 29.7 Å². The third-order valence-corrected chi connectivity index (χ3v) is 3.92. The maximum atomic E-state index is 6.05. The van der Waals surface area contributed by atoms with E-state index in [4.69, 9.17) is 10.5 Å². The fraction of sp³-hybridized carbons (Fsp3) is 0.167. The van der Waals surface area contributed by atoms with Crippen molar-refractivity contribution in [2.24, 2.45) is 0 Å². The van der Waals surface area contributed by atoms with Crippen molar-refractivity contribution in [1.29, 1.82) is 0 Å². The number of nitrogens with zero attached hydrogens (tertiary/aromatic N) is 6. The molecule has 0 fully saturated rings. The molecule has 0 saturated carbocycles. The van der Waals surface area contributed by atoms with Crippen LogP contribution < -0.4 is 10.5 Å². The number of hydrogen-bond acceptors (Lipinski definition) is 7. The number of fused-ring (bicyclic) bond motifs is 1. The van der Waals surface area contributed by atoms with Crippen LogP contribution in [0.4, 0.5) is 5.82 Å². The minimum absolute atomic E-state index is 0.223. The molecule has 0 radical (unpaired) electrons. The lowest BCUT2D eigenvalue weighted by Gasteiger charge is -2.07. The molecular weight excluding hydrogens is 330 g/mol. The van der Waals surface area contributed by atoms with Crippen LogP contribution in [0.3, 0.4) is 0 Å². The second-order valence-corrected chi connectivity index (χ2v) is 5.88. The first kappa shape index (κ1) is 15.9. The molecule has 4 aromatic heterocycles. The molecule has 26 heavy (non-hydrogen) atoms. The first-order valence-corrected chi connectivity index (χ1v) is 8.11. The minimum atomic E-state index is 0.223. The third-order valence-electron chi connectivity index (χ3n) is 3.92. The molecule has 0 spiro atoms. The SMILES string of the molecule is Cc1cc(COc2nc(N)c3cnn(Cc4ccncc4)c3n2)ccn1. The molecule has 130 valence electrons. The van der Waals surface area contributed by atoms with Crippen LogP contribution in [0.1, 0.15) is 16.8 Å². The van der Waals surface area contributed by atoms with E-state index in [9.17, 15) is 0 Å². The Morgan fingerprint density at radius 3 is 2.69 bits per heavy atom. The maximum absolute atomic E-state index is 6.05. The quantitative estimate of drug-likeness (QED) is 0.589. The standard InChI is InChI=1S/C18H17N7O/c1-12-8-14(4-7-21-12)11-26-18-23-16(19)15-9-22-25(17(15)24-18)10-13-2-5-20-6-3-13/h2-9H,10-11H2,1H3,(H2,19,23,24).